The SMILES string of the molecule is CC(C)=O.CCC1c2cc(c(O)c(Br)c2O)C(CC)c2cc(c(O)c(Br)c2O)C(CC)c2cc(c(O)c(Br)c2O)C(CC)c2cc1c(O)c(Br)c2O.Cc1ccc[n+]([O-])c1.Cc1ccc[n+]([O-])c1. The summed E-state index contributed by atoms with van der Waals surface area (Å²) in [4.78, 5) is 9.44. The lowest BCUT2D eigenvalue weighted by atomic mass is 9.77. The molecule has 7 rings (SSSR count). The third-order valence-corrected chi connectivity index (χ3v) is 14.6. The second-order valence-electron chi connectivity index (χ2n) is 16.5. The molecule has 0 radical (unpaired) electrons. The molecular formula is C51H56Br4N2O11. The van der Waals surface area contributed by atoms with Crippen molar-refractivity contribution in [3.8, 4) is 46.0 Å². The minimum absolute atomic E-state index is 0.0377. The number of ketones is 1. The van der Waals surface area contributed by atoms with Gasteiger partial charge in [-0.15, -0.1) is 0 Å². The zero-order valence-electron chi connectivity index (χ0n) is 38.8. The van der Waals surface area contributed by atoms with Crippen molar-refractivity contribution in [2.75, 3.05) is 0 Å². The normalized spacial score (nSPS) is 15.9. The van der Waals surface area contributed by atoms with Crippen LogP contribution >= 0.6 is 63.7 Å². The quantitative estimate of drug-likeness (QED) is 0.0611. The molecule has 0 saturated carbocycles. The number of phenols is 8. The Bertz CT molecular complexity index is 2330. The van der Waals surface area contributed by atoms with Gasteiger partial charge in [-0.1, -0.05) is 27.7 Å². The lowest BCUT2D eigenvalue weighted by Crippen LogP contribution is -2.23. The largest absolute Gasteiger partial charge is 0.619 e. The Balaban J connectivity index is 0.000000414. The van der Waals surface area contributed by atoms with Crippen LogP contribution in [-0.2, 0) is 4.79 Å². The number of carbonyl (C=O) groups is 1. The van der Waals surface area contributed by atoms with Gasteiger partial charge in [0.05, 0.1) is 0 Å². The number of benzene rings is 4. The minimum Gasteiger partial charge on any atom is -0.619 e. The topological polar surface area (TPSA) is 233 Å². The van der Waals surface area contributed by atoms with E-state index < -0.39 is 23.7 Å². The van der Waals surface area contributed by atoms with Gasteiger partial charge in [-0.05, 0) is 153 Å². The van der Waals surface area contributed by atoms with Gasteiger partial charge in [0.1, 0.15) is 69.7 Å². The number of hydrogen-bond donors (Lipinski definition) is 8. The first-order valence-electron chi connectivity index (χ1n) is 21.7. The second kappa shape index (κ2) is 23.9. The molecule has 0 fully saturated rings. The summed E-state index contributed by atoms with van der Waals surface area (Å²) in [7, 11) is 0. The van der Waals surface area contributed by atoms with E-state index in [1.165, 1.54) is 38.6 Å². The highest BCUT2D eigenvalue weighted by atomic mass is 79.9. The molecule has 0 unspecified atom stereocenters. The van der Waals surface area contributed by atoms with E-state index >= 15 is 0 Å². The molecule has 1 aliphatic rings. The molecule has 1 aliphatic carbocycles. The van der Waals surface area contributed by atoms with E-state index in [2.05, 4.69) is 63.7 Å². The van der Waals surface area contributed by atoms with Gasteiger partial charge in [0.15, 0.2) is 24.8 Å². The van der Waals surface area contributed by atoms with Crippen LogP contribution in [0.2, 0.25) is 0 Å². The Hall–Kier alpha value is -5.23. The third kappa shape index (κ3) is 12.0. The Morgan fingerprint density at radius 2 is 0.632 bits per heavy atom. The standard InChI is InChI=1S/C36H36Br4O8.2C6H7NO.C3H6O/c1-5-13-17-9-19(31(43)25(37)29(17)41)14(6-2)21-11-23(35(47)27(39)33(21)45)16(8-4)24-12-22(34(46)28(40)36(24)48)15(7-3)20-10-18(13)30(42)26(38)32(20)44;2*1-6-3-2-4-7(8)5-6;1-3(2)4/h9-16,41-48H,5-8H2,1-4H3;2*2-5H,1H3;1-2H3. The van der Waals surface area contributed by atoms with Crippen LogP contribution < -0.4 is 9.46 Å². The highest BCUT2D eigenvalue weighted by molar-refractivity contribution is 9.11. The summed E-state index contributed by atoms with van der Waals surface area (Å²) in [5.41, 5.74) is 5.06. The Labute approximate surface area is 429 Å². The zero-order chi connectivity index (χ0) is 51.1. The molecule has 0 saturated heterocycles. The predicted octanol–water partition coefficient (Wildman–Crippen LogP) is 12.7. The van der Waals surface area contributed by atoms with Crippen LogP contribution in [0.25, 0.3) is 0 Å². The average molecular weight is 1190 g/mol. The number of halogens is 4. The van der Waals surface area contributed by atoms with Crippen molar-refractivity contribution in [1.82, 2.24) is 0 Å². The Morgan fingerprint density at radius 1 is 0.456 bits per heavy atom. The molecule has 0 spiro atoms. The fourth-order valence-corrected chi connectivity index (χ4v) is 10.2. The van der Waals surface area contributed by atoms with E-state index in [0.717, 1.165) is 20.6 Å². The molecule has 6 aromatic rings. The maximum atomic E-state index is 11.5. The smallest absolute Gasteiger partial charge is 0.183 e. The van der Waals surface area contributed by atoms with Gasteiger partial charge in [-0.2, -0.15) is 9.46 Å². The summed E-state index contributed by atoms with van der Waals surface area (Å²) < 4.78 is 1.72. The van der Waals surface area contributed by atoms with Gasteiger partial charge < -0.3 is 56.1 Å². The summed E-state index contributed by atoms with van der Waals surface area (Å²) in [6.07, 6.45) is 7.54. The molecule has 4 aromatic carbocycles. The maximum Gasteiger partial charge on any atom is 0.183 e. The minimum atomic E-state index is -0.643. The van der Waals surface area contributed by atoms with Crippen molar-refractivity contribution in [1.29, 1.82) is 0 Å². The number of hydrogen-bond acceptors (Lipinski definition) is 11. The van der Waals surface area contributed by atoms with Gasteiger partial charge in [-0.25, -0.2) is 0 Å². The molecule has 17 heteroatoms. The van der Waals surface area contributed by atoms with Crippen LogP contribution in [0.4, 0.5) is 0 Å². The lowest BCUT2D eigenvalue weighted by Gasteiger charge is -2.29. The van der Waals surface area contributed by atoms with Gasteiger partial charge in [-0.3, -0.25) is 0 Å². The summed E-state index contributed by atoms with van der Waals surface area (Å²) in [6, 6.07) is 13.9. The maximum absolute atomic E-state index is 11.5. The zero-order valence-corrected chi connectivity index (χ0v) is 45.1. The van der Waals surface area contributed by atoms with Crippen LogP contribution in [0.5, 0.6) is 46.0 Å². The summed E-state index contributed by atoms with van der Waals surface area (Å²) in [5.74, 6) is -4.27. The lowest BCUT2D eigenvalue weighted by molar-refractivity contribution is -0.605. The van der Waals surface area contributed by atoms with E-state index in [4.69, 9.17) is 0 Å². The highest BCUT2D eigenvalue weighted by Gasteiger charge is 2.35. The molecule has 8 N–H and O–H groups in total. The van der Waals surface area contributed by atoms with Crippen LogP contribution in [-0.4, -0.2) is 46.6 Å². The van der Waals surface area contributed by atoms with Gasteiger partial charge in [0.2, 0.25) is 0 Å². The van der Waals surface area contributed by atoms with Crippen molar-refractivity contribution in [3.63, 3.8) is 0 Å². The first-order valence-corrected chi connectivity index (χ1v) is 24.9. The van der Waals surface area contributed by atoms with E-state index in [9.17, 15) is 56.1 Å². The van der Waals surface area contributed by atoms with Gasteiger partial charge >= 0.3 is 0 Å². The van der Waals surface area contributed by atoms with E-state index in [1.807, 2.05) is 53.7 Å². The molecule has 8 bridgehead atoms. The number of aryl methyl sites for hydroxylation is 2. The van der Waals surface area contributed by atoms with Crippen molar-refractivity contribution in [2.24, 2.45) is 0 Å². The predicted molar refractivity (Wildman–Crippen MR) is 275 cm³/mol. The van der Waals surface area contributed by atoms with Crippen molar-refractivity contribution < 1.29 is 55.1 Å². The van der Waals surface area contributed by atoms with Crippen LogP contribution in [0, 0.1) is 24.3 Å². The number of Topliss-reactive ketones (excluding diaryl/α,β-unsaturated/α-hetero) is 1. The first kappa shape index (κ1) is 55.4. The molecular weight excluding hydrogens is 1140 g/mol. The van der Waals surface area contributed by atoms with Crippen LogP contribution in [0.1, 0.15) is 147 Å². The Kier molecular flexibility index (Phi) is 19.4. The molecule has 13 nitrogen and oxygen atoms in total. The molecule has 0 aliphatic heterocycles. The van der Waals surface area contributed by atoms with Crippen molar-refractivity contribution >= 4 is 69.5 Å². The number of aromatic nitrogens is 2. The number of phenolic OH excluding ortho intramolecular Hbond substituents is 8. The van der Waals surface area contributed by atoms with Crippen LogP contribution in [0.15, 0.2) is 91.2 Å². The van der Waals surface area contributed by atoms with Crippen molar-refractivity contribution in [3.05, 3.63) is 157 Å². The number of pyridine rings is 2. The number of carbonyl (C=O) groups excluding carboxylic acids is 1. The molecule has 0 atom stereocenters. The molecule has 364 valence electrons. The van der Waals surface area contributed by atoms with E-state index in [1.54, 1.807) is 36.4 Å². The van der Waals surface area contributed by atoms with E-state index in [0.29, 0.717) is 70.2 Å². The number of rotatable bonds is 4. The number of fused-ring (bicyclic) bond motifs is 8. The number of aromatic hydroxyl groups is 8. The third-order valence-electron chi connectivity index (χ3n) is 11.6. The monoisotopic (exact) mass is 1190 g/mol. The molecule has 68 heavy (non-hydrogen) atoms. The highest BCUT2D eigenvalue weighted by Crippen LogP contribution is 2.57. The molecule has 2 aromatic heterocycles. The average Bonchev–Trinajstić information content (AvgIpc) is 3.28. The molecule has 2 heterocycles. The van der Waals surface area contributed by atoms with E-state index in [-0.39, 0.29) is 69.7 Å². The van der Waals surface area contributed by atoms with Crippen LogP contribution in [0.3, 0.4) is 0 Å². The first-order chi connectivity index (χ1) is 32.0. The van der Waals surface area contributed by atoms with Gasteiger partial charge in [0, 0.05) is 91.4 Å². The number of nitrogens with zero attached hydrogens (tertiary/aromatic N) is 2. The Morgan fingerprint density at radius 3 is 0.750 bits per heavy atom. The summed E-state index contributed by atoms with van der Waals surface area (Å²) >= 11 is 13.5. The van der Waals surface area contributed by atoms with Crippen molar-refractivity contribution in [2.45, 2.75) is 105 Å². The fourth-order valence-electron chi connectivity index (χ4n) is 8.37. The fraction of sp³-hybridized carbons (Fsp3) is 0.314. The summed E-state index contributed by atoms with van der Waals surface area (Å²) in [5, 5.41) is 112. The van der Waals surface area contributed by atoms with Gasteiger partial charge in [0.25, 0.3) is 0 Å². The second-order valence-corrected chi connectivity index (χ2v) is 19.7. The molecule has 0 amide bonds. The summed E-state index contributed by atoms with van der Waals surface area (Å²) in [6.45, 7) is 14.3.